The van der Waals surface area contributed by atoms with Gasteiger partial charge in [-0.15, -0.1) is 0 Å². The van der Waals surface area contributed by atoms with E-state index in [2.05, 4.69) is 16.0 Å². The highest BCUT2D eigenvalue weighted by Gasteiger charge is 2.29. The Morgan fingerprint density at radius 3 is 2.76 bits per heavy atom. The number of nitrogens with one attached hydrogen (secondary N) is 3. The van der Waals surface area contributed by atoms with E-state index in [1.807, 2.05) is 0 Å². The van der Waals surface area contributed by atoms with Gasteiger partial charge in [-0.2, -0.15) is 0 Å². The molecule has 2 rings (SSSR count). The van der Waals surface area contributed by atoms with Crippen molar-refractivity contribution in [3.63, 3.8) is 0 Å². The van der Waals surface area contributed by atoms with Crippen LogP contribution in [0.5, 0.6) is 0 Å². The summed E-state index contributed by atoms with van der Waals surface area (Å²) in [4.78, 5) is 22.8. The molecule has 3 atom stereocenters. The molecule has 0 radical (unpaired) electrons. The molecular formula is C11H19N3O3. The minimum absolute atomic E-state index is 0.0910. The normalized spacial score (nSPS) is 33.9. The van der Waals surface area contributed by atoms with Gasteiger partial charge >= 0.3 is 0 Å². The van der Waals surface area contributed by atoms with Crippen LogP contribution in [0.3, 0.4) is 0 Å². The largest absolute Gasteiger partial charge is 0.391 e. The Morgan fingerprint density at radius 1 is 1.35 bits per heavy atom. The van der Waals surface area contributed by atoms with Gasteiger partial charge in [-0.25, -0.2) is 0 Å². The summed E-state index contributed by atoms with van der Waals surface area (Å²) < 4.78 is 0. The number of carbonyl (C=O) groups is 2. The van der Waals surface area contributed by atoms with E-state index in [0.29, 0.717) is 6.54 Å². The minimum Gasteiger partial charge on any atom is -0.391 e. The number of piperazine rings is 1. The topological polar surface area (TPSA) is 90.5 Å². The van der Waals surface area contributed by atoms with Crippen molar-refractivity contribution in [3.8, 4) is 0 Å². The first-order valence-corrected chi connectivity index (χ1v) is 6.15. The maximum Gasteiger partial charge on any atom is 0.239 e. The smallest absolute Gasteiger partial charge is 0.239 e. The van der Waals surface area contributed by atoms with E-state index in [0.717, 1.165) is 25.7 Å². The van der Waals surface area contributed by atoms with Crippen molar-refractivity contribution >= 4 is 11.8 Å². The average Bonchev–Trinajstić information content (AvgIpc) is 2.33. The summed E-state index contributed by atoms with van der Waals surface area (Å²) in [6, 6.07) is -0.530. The molecule has 96 valence electrons. The Kier molecular flexibility index (Phi) is 3.96. The predicted octanol–water partition coefficient (Wildman–Crippen LogP) is -1.51. The van der Waals surface area contributed by atoms with E-state index in [4.69, 9.17) is 0 Å². The molecule has 17 heavy (non-hydrogen) atoms. The molecule has 2 aliphatic rings. The molecular weight excluding hydrogens is 222 g/mol. The average molecular weight is 241 g/mol. The molecule has 1 unspecified atom stereocenters. The van der Waals surface area contributed by atoms with Crippen LogP contribution in [0, 0.1) is 0 Å². The van der Waals surface area contributed by atoms with E-state index < -0.39 is 6.10 Å². The summed E-state index contributed by atoms with van der Waals surface area (Å²) in [5, 5.41) is 18.1. The molecule has 2 fully saturated rings. The summed E-state index contributed by atoms with van der Waals surface area (Å²) in [6.07, 6.45) is 3.19. The van der Waals surface area contributed by atoms with Gasteiger partial charge < -0.3 is 15.7 Å². The molecule has 1 aliphatic carbocycles. The van der Waals surface area contributed by atoms with Gasteiger partial charge in [0.05, 0.1) is 18.7 Å². The number of aliphatic hydroxyl groups is 1. The molecule has 1 saturated heterocycles. The Morgan fingerprint density at radius 2 is 2.12 bits per heavy atom. The lowest BCUT2D eigenvalue weighted by Gasteiger charge is -2.31. The molecule has 1 saturated carbocycles. The predicted molar refractivity (Wildman–Crippen MR) is 61.2 cm³/mol. The van der Waals surface area contributed by atoms with Crippen LogP contribution < -0.4 is 16.0 Å². The monoisotopic (exact) mass is 241 g/mol. The number of hydrogen-bond donors (Lipinski definition) is 4. The third-order valence-electron chi connectivity index (χ3n) is 3.39. The zero-order chi connectivity index (χ0) is 12.3. The van der Waals surface area contributed by atoms with Crippen LogP contribution in [-0.2, 0) is 9.59 Å². The highest BCUT2D eigenvalue weighted by molar-refractivity contribution is 5.86. The summed E-state index contributed by atoms with van der Waals surface area (Å²) in [6.45, 7) is 0.485. The molecule has 0 bridgehead atoms. The third-order valence-corrected chi connectivity index (χ3v) is 3.39. The molecule has 6 nitrogen and oxygen atoms in total. The van der Waals surface area contributed by atoms with Gasteiger partial charge in [-0.3, -0.25) is 14.9 Å². The molecule has 6 heteroatoms. The van der Waals surface area contributed by atoms with E-state index in [-0.39, 0.29) is 30.4 Å². The van der Waals surface area contributed by atoms with Crippen molar-refractivity contribution in [1.82, 2.24) is 16.0 Å². The standard InChI is InChI=1S/C11H19N3O3/c15-9-4-2-1-3-7(9)14-11(17)8-5-13-10(16)6-12-8/h7-9,12,15H,1-6H2,(H,13,16)(H,14,17)/t7-,8?,9-/m1/s1. The fourth-order valence-corrected chi connectivity index (χ4v) is 2.31. The van der Waals surface area contributed by atoms with Gasteiger partial charge in [0, 0.05) is 6.54 Å². The van der Waals surface area contributed by atoms with Gasteiger partial charge in [0.25, 0.3) is 0 Å². The van der Waals surface area contributed by atoms with Crippen LogP contribution in [0.25, 0.3) is 0 Å². The third kappa shape index (κ3) is 3.17. The van der Waals surface area contributed by atoms with Gasteiger partial charge in [0.1, 0.15) is 6.04 Å². The van der Waals surface area contributed by atoms with Crippen LogP contribution in [0.1, 0.15) is 25.7 Å². The number of rotatable bonds is 2. The van der Waals surface area contributed by atoms with E-state index >= 15 is 0 Å². The quantitative estimate of drug-likeness (QED) is 0.473. The Balaban J connectivity index is 1.81. The SMILES string of the molecule is O=C1CNC(C(=O)N[C@@H]2CCCC[C@H]2O)CN1. The second-order valence-corrected chi connectivity index (χ2v) is 4.70. The number of amides is 2. The Hall–Kier alpha value is -1.14. The lowest BCUT2D eigenvalue weighted by molar-refractivity contribution is -0.127. The number of aliphatic hydroxyl groups excluding tert-OH is 1. The highest BCUT2D eigenvalue weighted by Crippen LogP contribution is 2.18. The summed E-state index contributed by atoms with van der Waals surface area (Å²) >= 11 is 0. The van der Waals surface area contributed by atoms with Crippen molar-refractivity contribution in [3.05, 3.63) is 0 Å². The van der Waals surface area contributed by atoms with Crippen LogP contribution in [-0.4, -0.2) is 48.2 Å². The maximum atomic E-state index is 11.9. The van der Waals surface area contributed by atoms with Crippen molar-refractivity contribution < 1.29 is 14.7 Å². The van der Waals surface area contributed by atoms with Gasteiger partial charge in [-0.1, -0.05) is 12.8 Å². The van der Waals surface area contributed by atoms with Crippen molar-refractivity contribution in [2.24, 2.45) is 0 Å². The van der Waals surface area contributed by atoms with Crippen LogP contribution >= 0.6 is 0 Å². The van der Waals surface area contributed by atoms with Crippen LogP contribution in [0.2, 0.25) is 0 Å². The Labute approximate surface area is 100 Å². The summed E-state index contributed by atoms with van der Waals surface area (Å²) in [5.41, 5.74) is 0. The first-order valence-electron chi connectivity index (χ1n) is 6.15. The highest BCUT2D eigenvalue weighted by atomic mass is 16.3. The zero-order valence-corrected chi connectivity index (χ0v) is 9.74. The second kappa shape index (κ2) is 5.46. The molecule has 0 aromatic heterocycles. The van der Waals surface area contributed by atoms with E-state index in [9.17, 15) is 14.7 Å². The van der Waals surface area contributed by atoms with Gasteiger partial charge in [0.15, 0.2) is 0 Å². The Bertz CT molecular complexity index is 298. The van der Waals surface area contributed by atoms with Crippen LogP contribution in [0.15, 0.2) is 0 Å². The van der Waals surface area contributed by atoms with E-state index in [1.165, 1.54) is 0 Å². The zero-order valence-electron chi connectivity index (χ0n) is 9.74. The first-order chi connectivity index (χ1) is 8.16. The van der Waals surface area contributed by atoms with Crippen LogP contribution in [0.4, 0.5) is 0 Å². The molecule has 4 N–H and O–H groups in total. The van der Waals surface area contributed by atoms with Crippen molar-refractivity contribution in [2.75, 3.05) is 13.1 Å². The molecule has 2 amide bonds. The number of carbonyl (C=O) groups excluding carboxylic acids is 2. The lowest BCUT2D eigenvalue weighted by atomic mass is 9.92. The van der Waals surface area contributed by atoms with Gasteiger partial charge in [-0.05, 0) is 12.8 Å². The van der Waals surface area contributed by atoms with Gasteiger partial charge in [0.2, 0.25) is 11.8 Å². The molecule has 1 heterocycles. The van der Waals surface area contributed by atoms with E-state index in [1.54, 1.807) is 0 Å². The second-order valence-electron chi connectivity index (χ2n) is 4.70. The van der Waals surface area contributed by atoms with Crippen molar-refractivity contribution in [2.45, 2.75) is 43.9 Å². The fourth-order valence-electron chi connectivity index (χ4n) is 2.31. The molecule has 0 spiro atoms. The minimum atomic E-state index is -0.439. The van der Waals surface area contributed by atoms with Crippen molar-refractivity contribution in [1.29, 1.82) is 0 Å². The maximum absolute atomic E-state index is 11.9. The number of hydrogen-bond acceptors (Lipinski definition) is 4. The fraction of sp³-hybridized carbons (Fsp3) is 0.818. The lowest BCUT2D eigenvalue weighted by Crippen LogP contribution is -2.60. The first kappa shape index (κ1) is 12.3. The summed E-state index contributed by atoms with van der Waals surface area (Å²) in [5.74, 6) is -0.234. The molecule has 0 aromatic rings. The molecule has 1 aliphatic heterocycles. The summed E-state index contributed by atoms with van der Waals surface area (Å²) in [7, 11) is 0. The molecule has 0 aromatic carbocycles.